The first kappa shape index (κ1) is 13.9. The Morgan fingerprint density at radius 3 is 3.00 bits per heavy atom. The minimum atomic E-state index is -0.377. The summed E-state index contributed by atoms with van der Waals surface area (Å²) in [6.07, 6.45) is 2.71. The van der Waals surface area contributed by atoms with Crippen LogP contribution < -0.4 is 5.32 Å². The summed E-state index contributed by atoms with van der Waals surface area (Å²) in [7, 11) is 0. The fraction of sp³-hybridized carbons (Fsp3) is 0.0769. The third-order valence-electron chi connectivity index (χ3n) is 2.22. The molecular weight excluding hydrogens is 331 g/mol. The summed E-state index contributed by atoms with van der Waals surface area (Å²) in [5, 5.41) is 4.98. The maximum atomic E-state index is 13.4. The van der Waals surface area contributed by atoms with Crippen LogP contribution in [0.4, 0.5) is 9.52 Å². The Morgan fingerprint density at radius 2 is 2.32 bits per heavy atom. The molecule has 1 heterocycles. The summed E-state index contributed by atoms with van der Waals surface area (Å²) in [5.41, 5.74) is 1.20. The number of benzene rings is 1. The van der Waals surface area contributed by atoms with Crippen LogP contribution in [0.15, 0.2) is 34.1 Å². The molecule has 1 aromatic heterocycles. The Balaban J connectivity index is 2.05. The maximum absolute atomic E-state index is 13.4. The van der Waals surface area contributed by atoms with E-state index in [1.165, 1.54) is 29.6 Å². The molecule has 0 aliphatic carbocycles. The lowest BCUT2D eigenvalue weighted by Crippen LogP contribution is -2.07. The van der Waals surface area contributed by atoms with Crippen molar-refractivity contribution in [2.45, 2.75) is 6.92 Å². The summed E-state index contributed by atoms with van der Waals surface area (Å²) < 4.78 is 14.2. The summed E-state index contributed by atoms with van der Waals surface area (Å²) >= 11 is 4.60. The molecular formula is C13H10BrFN2OS. The van der Waals surface area contributed by atoms with E-state index in [2.05, 4.69) is 26.2 Å². The lowest BCUT2D eigenvalue weighted by Gasteiger charge is -1.98. The highest BCUT2D eigenvalue weighted by atomic mass is 79.9. The van der Waals surface area contributed by atoms with E-state index < -0.39 is 0 Å². The van der Waals surface area contributed by atoms with Crippen molar-refractivity contribution in [1.82, 2.24) is 4.98 Å². The standard InChI is InChI=1S/C13H10BrFN2OS/c1-8-7-19-13(16-8)17-12(18)5-2-9-6-10(14)3-4-11(9)15/h2-7H,1H3,(H,16,17,18)/b5-2+. The summed E-state index contributed by atoms with van der Waals surface area (Å²) in [5.74, 6) is -0.717. The van der Waals surface area contributed by atoms with Crippen molar-refractivity contribution in [3.63, 3.8) is 0 Å². The number of thiazole rings is 1. The van der Waals surface area contributed by atoms with Gasteiger partial charge in [-0.15, -0.1) is 11.3 Å². The van der Waals surface area contributed by atoms with Crippen LogP contribution in [0, 0.1) is 12.7 Å². The van der Waals surface area contributed by atoms with Crippen molar-refractivity contribution >= 4 is 44.4 Å². The van der Waals surface area contributed by atoms with Crippen LogP contribution in [0.1, 0.15) is 11.3 Å². The van der Waals surface area contributed by atoms with Crippen molar-refractivity contribution < 1.29 is 9.18 Å². The van der Waals surface area contributed by atoms with E-state index in [1.807, 2.05) is 12.3 Å². The molecule has 0 aliphatic heterocycles. The zero-order chi connectivity index (χ0) is 13.8. The van der Waals surface area contributed by atoms with Crippen LogP contribution in [0.3, 0.4) is 0 Å². The molecule has 0 atom stereocenters. The van der Waals surface area contributed by atoms with E-state index in [9.17, 15) is 9.18 Å². The van der Waals surface area contributed by atoms with Gasteiger partial charge in [0.1, 0.15) is 5.82 Å². The van der Waals surface area contributed by atoms with Crippen molar-refractivity contribution in [2.75, 3.05) is 5.32 Å². The van der Waals surface area contributed by atoms with Gasteiger partial charge in [0.15, 0.2) is 5.13 Å². The highest BCUT2D eigenvalue weighted by Gasteiger charge is 2.03. The lowest BCUT2D eigenvalue weighted by molar-refractivity contribution is -0.111. The predicted octanol–water partition coefficient (Wildman–Crippen LogP) is 4.01. The monoisotopic (exact) mass is 340 g/mol. The van der Waals surface area contributed by atoms with Crippen LogP contribution in [-0.4, -0.2) is 10.9 Å². The average Bonchev–Trinajstić information content (AvgIpc) is 2.76. The molecule has 0 saturated heterocycles. The van der Waals surface area contributed by atoms with Gasteiger partial charge in [0.05, 0.1) is 5.69 Å². The number of hydrogen-bond donors (Lipinski definition) is 1. The quantitative estimate of drug-likeness (QED) is 0.858. The number of carbonyl (C=O) groups is 1. The summed E-state index contributed by atoms with van der Waals surface area (Å²) in [6.45, 7) is 1.85. The molecule has 1 aromatic carbocycles. The van der Waals surface area contributed by atoms with E-state index >= 15 is 0 Å². The van der Waals surface area contributed by atoms with Gasteiger partial charge in [-0.1, -0.05) is 15.9 Å². The smallest absolute Gasteiger partial charge is 0.250 e. The molecule has 3 nitrogen and oxygen atoms in total. The van der Waals surface area contributed by atoms with Gasteiger partial charge in [-0.2, -0.15) is 0 Å². The van der Waals surface area contributed by atoms with E-state index in [4.69, 9.17) is 0 Å². The third kappa shape index (κ3) is 3.97. The maximum Gasteiger partial charge on any atom is 0.250 e. The second kappa shape index (κ2) is 6.08. The van der Waals surface area contributed by atoms with Crippen LogP contribution in [0.2, 0.25) is 0 Å². The topological polar surface area (TPSA) is 42.0 Å². The first-order valence-electron chi connectivity index (χ1n) is 5.41. The molecule has 6 heteroatoms. The minimum absolute atomic E-state index is 0.339. The number of aromatic nitrogens is 1. The van der Waals surface area contributed by atoms with Crippen LogP contribution in [0.5, 0.6) is 0 Å². The first-order chi connectivity index (χ1) is 9.04. The van der Waals surface area contributed by atoms with E-state index in [0.717, 1.165) is 10.2 Å². The number of nitrogens with one attached hydrogen (secondary N) is 1. The van der Waals surface area contributed by atoms with E-state index in [-0.39, 0.29) is 11.7 Å². The van der Waals surface area contributed by atoms with Crippen LogP contribution >= 0.6 is 27.3 Å². The number of anilines is 1. The molecule has 2 rings (SSSR count). The number of hydrogen-bond acceptors (Lipinski definition) is 3. The van der Waals surface area contributed by atoms with Crippen LogP contribution in [0.25, 0.3) is 6.08 Å². The number of rotatable bonds is 3. The van der Waals surface area contributed by atoms with Crippen molar-refractivity contribution in [3.8, 4) is 0 Å². The van der Waals surface area contributed by atoms with Gasteiger partial charge in [0.25, 0.3) is 0 Å². The Hall–Kier alpha value is -1.53. The molecule has 1 N–H and O–H groups in total. The molecule has 0 spiro atoms. The van der Waals surface area contributed by atoms with Gasteiger partial charge in [-0.3, -0.25) is 10.1 Å². The fourth-order valence-corrected chi connectivity index (χ4v) is 2.44. The molecule has 19 heavy (non-hydrogen) atoms. The zero-order valence-electron chi connectivity index (χ0n) is 9.98. The largest absolute Gasteiger partial charge is 0.298 e. The van der Waals surface area contributed by atoms with Gasteiger partial charge in [0.2, 0.25) is 5.91 Å². The normalized spacial score (nSPS) is 10.9. The lowest BCUT2D eigenvalue weighted by atomic mass is 10.2. The van der Waals surface area contributed by atoms with Crippen molar-refractivity contribution in [3.05, 3.63) is 51.2 Å². The number of halogens is 2. The molecule has 98 valence electrons. The molecule has 0 bridgehead atoms. The van der Waals surface area contributed by atoms with Gasteiger partial charge in [-0.05, 0) is 31.2 Å². The Bertz CT molecular complexity index is 639. The van der Waals surface area contributed by atoms with Gasteiger partial charge < -0.3 is 0 Å². The molecule has 0 aliphatic rings. The second-order valence-electron chi connectivity index (χ2n) is 3.78. The van der Waals surface area contributed by atoms with E-state index in [0.29, 0.717) is 10.7 Å². The summed E-state index contributed by atoms with van der Waals surface area (Å²) in [6, 6.07) is 4.55. The van der Waals surface area contributed by atoms with Crippen molar-refractivity contribution in [2.24, 2.45) is 0 Å². The van der Waals surface area contributed by atoms with Gasteiger partial charge >= 0.3 is 0 Å². The number of amides is 1. The molecule has 0 radical (unpaired) electrons. The zero-order valence-corrected chi connectivity index (χ0v) is 12.4. The SMILES string of the molecule is Cc1csc(NC(=O)/C=C/c2cc(Br)ccc2F)n1. The Kier molecular flexibility index (Phi) is 4.44. The van der Waals surface area contributed by atoms with Crippen molar-refractivity contribution in [1.29, 1.82) is 0 Å². The van der Waals surface area contributed by atoms with Gasteiger partial charge in [-0.25, -0.2) is 9.37 Å². The molecule has 1 amide bonds. The predicted molar refractivity (Wildman–Crippen MR) is 78.6 cm³/mol. The second-order valence-corrected chi connectivity index (χ2v) is 5.56. The number of nitrogens with zero attached hydrogens (tertiary/aromatic N) is 1. The highest BCUT2D eigenvalue weighted by Crippen LogP contribution is 2.17. The van der Waals surface area contributed by atoms with E-state index in [1.54, 1.807) is 12.1 Å². The molecule has 0 fully saturated rings. The Morgan fingerprint density at radius 1 is 1.53 bits per heavy atom. The summed E-state index contributed by atoms with van der Waals surface area (Å²) in [4.78, 5) is 15.7. The number of aryl methyl sites for hydroxylation is 1. The van der Waals surface area contributed by atoms with Gasteiger partial charge in [0, 0.05) is 21.5 Å². The minimum Gasteiger partial charge on any atom is -0.298 e. The van der Waals surface area contributed by atoms with Crippen LogP contribution in [-0.2, 0) is 4.79 Å². The Labute approximate surface area is 122 Å². The number of carbonyl (C=O) groups excluding carboxylic acids is 1. The highest BCUT2D eigenvalue weighted by molar-refractivity contribution is 9.10. The average molecular weight is 341 g/mol. The fourth-order valence-electron chi connectivity index (χ4n) is 1.37. The first-order valence-corrected chi connectivity index (χ1v) is 7.08. The molecule has 2 aromatic rings. The molecule has 0 saturated carbocycles. The molecule has 0 unspecified atom stereocenters. The third-order valence-corrected chi connectivity index (χ3v) is 3.59.